The van der Waals surface area contributed by atoms with Crippen LogP contribution in [0.3, 0.4) is 0 Å². The summed E-state index contributed by atoms with van der Waals surface area (Å²) in [5, 5.41) is 11.1. The zero-order valence-electron chi connectivity index (χ0n) is 10.8. The Morgan fingerprint density at radius 2 is 1.95 bits per heavy atom. The molecule has 0 aliphatic rings. The molecule has 1 aromatic carbocycles. The summed E-state index contributed by atoms with van der Waals surface area (Å²) in [5.41, 5.74) is -0.181. The third-order valence-electron chi connectivity index (χ3n) is 2.21. The fourth-order valence-electron chi connectivity index (χ4n) is 1.45. The molecular weight excluding hydrogens is 274 g/mol. The van der Waals surface area contributed by atoms with E-state index in [0.29, 0.717) is 13.2 Å². The summed E-state index contributed by atoms with van der Waals surface area (Å²) in [6, 6.07) is 4.35. The van der Waals surface area contributed by atoms with E-state index in [1.807, 2.05) is 13.8 Å². The maximum Gasteiger partial charge on any atom is 0.312 e. The Morgan fingerprint density at radius 3 is 2.47 bits per heavy atom. The number of ether oxygens (including phenoxy) is 3. The lowest BCUT2D eigenvalue weighted by atomic mass is 10.3. The van der Waals surface area contributed by atoms with Gasteiger partial charge >= 0.3 is 5.69 Å². The van der Waals surface area contributed by atoms with Crippen LogP contribution in [-0.2, 0) is 9.47 Å². The van der Waals surface area contributed by atoms with E-state index in [-0.39, 0.29) is 23.1 Å². The van der Waals surface area contributed by atoms with Gasteiger partial charge in [0.15, 0.2) is 6.29 Å². The van der Waals surface area contributed by atoms with E-state index in [2.05, 4.69) is 0 Å². The van der Waals surface area contributed by atoms with E-state index in [1.54, 1.807) is 0 Å². The van der Waals surface area contributed by atoms with Gasteiger partial charge in [-0.15, -0.1) is 0 Å². The Morgan fingerprint density at radius 1 is 1.32 bits per heavy atom. The van der Waals surface area contributed by atoms with Crippen molar-refractivity contribution >= 4 is 17.3 Å². The smallest absolute Gasteiger partial charge is 0.312 e. The molecule has 0 bridgehead atoms. The summed E-state index contributed by atoms with van der Waals surface area (Å²) in [5.74, 6) is 0.0265. The highest BCUT2D eigenvalue weighted by Gasteiger charge is 2.20. The van der Waals surface area contributed by atoms with Gasteiger partial charge in [-0.2, -0.15) is 0 Å². The molecule has 0 spiro atoms. The van der Waals surface area contributed by atoms with Crippen LogP contribution in [0.2, 0.25) is 5.02 Å². The van der Waals surface area contributed by atoms with Gasteiger partial charge in [0.05, 0.1) is 9.95 Å². The molecule has 7 heteroatoms. The molecule has 0 saturated carbocycles. The van der Waals surface area contributed by atoms with Crippen molar-refractivity contribution in [3.05, 3.63) is 33.3 Å². The van der Waals surface area contributed by atoms with Crippen molar-refractivity contribution in [2.24, 2.45) is 0 Å². The first-order valence-corrected chi connectivity index (χ1v) is 6.26. The highest BCUT2D eigenvalue weighted by molar-refractivity contribution is 6.32. The van der Waals surface area contributed by atoms with Crippen LogP contribution in [0.1, 0.15) is 13.8 Å². The fourth-order valence-corrected chi connectivity index (χ4v) is 1.68. The number of para-hydroxylation sites is 1. The largest absolute Gasteiger partial charge is 0.480 e. The zero-order chi connectivity index (χ0) is 14.3. The van der Waals surface area contributed by atoms with E-state index in [1.165, 1.54) is 18.2 Å². The van der Waals surface area contributed by atoms with Gasteiger partial charge in [0.1, 0.15) is 6.61 Å². The summed E-state index contributed by atoms with van der Waals surface area (Å²) >= 11 is 5.90. The van der Waals surface area contributed by atoms with E-state index in [0.717, 1.165) is 0 Å². The van der Waals surface area contributed by atoms with Gasteiger partial charge in [0, 0.05) is 19.3 Å². The maximum absolute atomic E-state index is 10.9. The normalized spacial score (nSPS) is 10.7. The first kappa shape index (κ1) is 15.7. The number of halogens is 1. The van der Waals surface area contributed by atoms with Crippen LogP contribution >= 0.6 is 11.6 Å². The summed E-state index contributed by atoms with van der Waals surface area (Å²) in [6.07, 6.45) is -0.578. The van der Waals surface area contributed by atoms with Gasteiger partial charge in [-0.05, 0) is 19.9 Å². The van der Waals surface area contributed by atoms with Crippen molar-refractivity contribution in [1.82, 2.24) is 0 Å². The lowest BCUT2D eigenvalue weighted by Crippen LogP contribution is -2.25. The Kier molecular flexibility index (Phi) is 6.55. The summed E-state index contributed by atoms with van der Waals surface area (Å²) in [6.45, 7) is 4.59. The second kappa shape index (κ2) is 7.93. The van der Waals surface area contributed by atoms with Gasteiger partial charge in [-0.3, -0.25) is 10.1 Å². The van der Waals surface area contributed by atoms with Crippen molar-refractivity contribution in [3.63, 3.8) is 0 Å². The number of nitro groups is 1. The average molecular weight is 290 g/mol. The van der Waals surface area contributed by atoms with Gasteiger partial charge in [-0.1, -0.05) is 17.7 Å². The quantitative estimate of drug-likeness (QED) is 0.418. The number of rotatable bonds is 8. The number of hydrogen-bond donors (Lipinski definition) is 0. The van der Waals surface area contributed by atoms with Gasteiger partial charge in [0.25, 0.3) is 0 Å². The molecule has 106 valence electrons. The lowest BCUT2D eigenvalue weighted by molar-refractivity contribution is -0.386. The van der Waals surface area contributed by atoms with Crippen LogP contribution in [0.25, 0.3) is 0 Å². The number of hydrogen-bond acceptors (Lipinski definition) is 5. The summed E-state index contributed by atoms with van der Waals surface area (Å²) in [7, 11) is 0. The van der Waals surface area contributed by atoms with Crippen molar-refractivity contribution in [3.8, 4) is 5.75 Å². The van der Waals surface area contributed by atoms with Crippen molar-refractivity contribution in [1.29, 1.82) is 0 Å². The topological polar surface area (TPSA) is 70.8 Å². The highest BCUT2D eigenvalue weighted by atomic mass is 35.5. The molecule has 19 heavy (non-hydrogen) atoms. The Hall–Kier alpha value is -1.37. The van der Waals surface area contributed by atoms with Gasteiger partial charge < -0.3 is 14.2 Å². The van der Waals surface area contributed by atoms with Crippen molar-refractivity contribution < 1.29 is 19.1 Å². The second-order valence-corrected chi connectivity index (χ2v) is 3.90. The van der Waals surface area contributed by atoms with Gasteiger partial charge in [-0.25, -0.2) is 0 Å². The molecule has 1 rings (SSSR count). The minimum absolute atomic E-state index is 0.0265. The molecule has 0 fully saturated rings. The lowest BCUT2D eigenvalue weighted by Gasteiger charge is -2.17. The summed E-state index contributed by atoms with van der Waals surface area (Å²) < 4.78 is 15.9. The number of nitrogens with zero attached hydrogens (tertiary/aromatic N) is 1. The molecule has 0 aromatic heterocycles. The predicted octanol–water partition coefficient (Wildman–Crippen LogP) is 3.03. The molecule has 0 radical (unpaired) electrons. The van der Waals surface area contributed by atoms with Gasteiger partial charge in [0.2, 0.25) is 5.75 Å². The monoisotopic (exact) mass is 289 g/mol. The molecule has 0 saturated heterocycles. The second-order valence-electron chi connectivity index (χ2n) is 3.50. The fraction of sp³-hybridized carbons (Fsp3) is 0.500. The first-order chi connectivity index (χ1) is 9.10. The number of benzene rings is 1. The minimum atomic E-state index is -0.578. The molecular formula is C12H16ClNO5. The molecule has 6 nitrogen and oxygen atoms in total. The van der Waals surface area contributed by atoms with Crippen LogP contribution < -0.4 is 4.74 Å². The first-order valence-electron chi connectivity index (χ1n) is 5.89. The van der Waals surface area contributed by atoms with Crippen LogP contribution in [0, 0.1) is 10.1 Å². The maximum atomic E-state index is 10.9. The van der Waals surface area contributed by atoms with Crippen LogP contribution in [0.5, 0.6) is 5.75 Å². The summed E-state index contributed by atoms with van der Waals surface area (Å²) in [4.78, 5) is 10.3. The van der Waals surface area contributed by atoms with E-state index < -0.39 is 11.2 Å². The van der Waals surface area contributed by atoms with E-state index in [4.69, 9.17) is 25.8 Å². The van der Waals surface area contributed by atoms with Crippen LogP contribution in [0.4, 0.5) is 5.69 Å². The SMILES string of the molecule is CCOC(COc1c(Cl)cccc1[N+](=O)[O-])OCC. The molecule has 0 amide bonds. The molecule has 0 unspecified atom stereocenters. The number of nitro benzene ring substituents is 1. The third kappa shape index (κ3) is 4.66. The molecule has 0 aliphatic carbocycles. The highest BCUT2D eigenvalue weighted by Crippen LogP contribution is 2.34. The Labute approximate surface area is 116 Å². The van der Waals surface area contributed by atoms with Crippen molar-refractivity contribution in [2.45, 2.75) is 20.1 Å². The molecule has 0 heterocycles. The Bertz CT molecular complexity index is 421. The van der Waals surface area contributed by atoms with Crippen LogP contribution in [-0.4, -0.2) is 31.0 Å². The molecule has 0 atom stereocenters. The molecule has 0 N–H and O–H groups in total. The predicted molar refractivity (Wildman–Crippen MR) is 70.6 cm³/mol. The van der Waals surface area contributed by atoms with E-state index >= 15 is 0 Å². The van der Waals surface area contributed by atoms with Crippen LogP contribution in [0.15, 0.2) is 18.2 Å². The van der Waals surface area contributed by atoms with E-state index in [9.17, 15) is 10.1 Å². The van der Waals surface area contributed by atoms with Crippen molar-refractivity contribution in [2.75, 3.05) is 19.8 Å². The average Bonchev–Trinajstić information content (AvgIpc) is 2.37. The molecule has 1 aromatic rings. The third-order valence-corrected chi connectivity index (χ3v) is 2.51. The zero-order valence-corrected chi connectivity index (χ0v) is 11.6. The molecule has 0 aliphatic heterocycles. The minimum Gasteiger partial charge on any atom is -0.480 e. The standard InChI is InChI=1S/C12H16ClNO5/c1-3-17-11(18-4-2)8-19-12-9(13)6-5-7-10(12)14(15)16/h5-7,11H,3-4,8H2,1-2H3. The Balaban J connectivity index is 2.78.